The third-order valence-corrected chi connectivity index (χ3v) is 4.07. The maximum Gasteiger partial charge on any atom is 0.522 e. The fourth-order valence-electron chi connectivity index (χ4n) is 2.72. The normalized spacial score (nSPS) is 24.3. The quantitative estimate of drug-likeness (QED) is 0.751. The van der Waals surface area contributed by atoms with Crippen molar-refractivity contribution in [3.63, 3.8) is 0 Å². The van der Waals surface area contributed by atoms with Gasteiger partial charge in [0.1, 0.15) is 0 Å². The van der Waals surface area contributed by atoms with Crippen molar-refractivity contribution >= 4 is 0 Å². The van der Waals surface area contributed by atoms with Gasteiger partial charge in [-0.25, -0.2) is 0 Å². The van der Waals surface area contributed by atoms with Crippen LogP contribution in [0.3, 0.4) is 0 Å². The van der Waals surface area contributed by atoms with Gasteiger partial charge in [-0.05, 0) is 39.5 Å². The van der Waals surface area contributed by atoms with Crippen molar-refractivity contribution in [3.05, 3.63) is 0 Å². The van der Waals surface area contributed by atoms with Crippen LogP contribution in [-0.4, -0.2) is 49.7 Å². The van der Waals surface area contributed by atoms with Gasteiger partial charge in [-0.3, -0.25) is 4.74 Å². The van der Waals surface area contributed by atoms with Crippen molar-refractivity contribution in [2.75, 3.05) is 26.2 Å². The first-order chi connectivity index (χ1) is 9.28. The van der Waals surface area contributed by atoms with Gasteiger partial charge in [-0.1, -0.05) is 0 Å². The predicted molar refractivity (Wildman–Crippen MR) is 69.4 cm³/mol. The lowest BCUT2D eigenvalue weighted by atomic mass is 10.0. The topological polar surface area (TPSA) is 21.7 Å². The van der Waals surface area contributed by atoms with Crippen molar-refractivity contribution in [1.82, 2.24) is 4.90 Å². The van der Waals surface area contributed by atoms with Gasteiger partial charge >= 0.3 is 6.36 Å². The summed E-state index contributed by atoms with van der Waals surface area (Å²) in [6, 6.07) is 0. The molecular formula is C14H24F3NO2. The fraction of sp³-hybridized carbons (Fsp3) is 1.00. The monoisotopic (exact) mass is 295 g/mol. The molecule has 0 unspecified atom stereocenters. The third kappa shape index (κ3) is 5.22. The van der Waals surface area contributed by atoms with E-state index in [4.69, 9.17) is 4.74 Å². The highest BCUT2D eigenvalue weighted by Crippen LogP contribution is 2.47. The molecule has 1 heterocycles. The Balaban J connectivity index is 1.69. The molecule has 20 heavy (non-hydrogen) atoms. The molecule has 0 atom stereocenters. The molecule has 0 amide bonds. The minimum absolute atomic E-state index is 0.235. The second-order valence-electron chi connectivity index (χ2n) is 6.40. The summed E-state index contributed by atoms with van der Waals surface area (Å²) in [5, 5.41) is 0. The zero-order chi connectivity index (χ0) is 14.8. The van der Waals surface area contributed by atoms with E-state index in [1.165, 1.54) is 12.8 Å². The summed E-state index contributed by atoms with van der Waals surface area (Å²) < 4.78 is 46.2. The molecule has 118 valence electrons. The lowest BCUT2D eigenvalue weighted by Gasteiger charge is -2.34. The highest BCUT2D eigenvalue weighted by molar-refractivity contribution is 4.96. The number of hydrogen-bond donors (Lipinski definition) is 0. The summed E-state index contributed by atoms with van der Waals surface area (Å²) in [6.45, 7) is 7.13. The van der Waals surface area contributed by atoms with E-state index in [0.717, 1.165) is 13.2 Å². The number of piperidine rings is 1. The van der Waals surface area contributed by atoms with Crippen LogP contribution in [0.1, 0.15) is 39.5 Å². The first-order valence-electron chi connectivity index (χ1n) is 7.37. The van der Waals surface area contributed by atoms with Gasteiger partial charge in [0.25, 0.3) is 0 Å². The SMILES string of the molecule is CC(C)OCC1(CN2CCC(OC(F)(F)F)CC2)CC1. The second kappa shape index (κ2) is 6.20. The largest absolute Gasteiger partial charge is 0.522 e. The van der Waals surface area contributed by atoms with Crippen molar-refractivity contribution in [2.45, 2.75) is 58.1 Å². The molecule has 2 fully saturated rings. The molecule has 1 aliphatic heterocycles. The molecule has 1 saturated carbocycles. The molecule has 2 rings (SSSR count). The molecule has 6 heteroatoms. The molecule has 0 aromatic carbocycles. The van der Waals surface area contributed by atoms with Crippen LogP contribution >= 0.6 is 0 Å². The minimum atomic E-state index is -4.50. The smallest absolute Gasteiger partial charge is 0.378 e. The molecular weight excluding hydrogens is 271 g/mol. The number of rotatable bonds is 6. The maximum atomic E-state index is 12.1. The van der Waals surface area contributed by atoms with Gasteiger partial charge < -0.3 is 9.64 Å². The molecule has 0 aromatic heterocycles. The molecule has 0 N–H and O–H groups in total. The van der Waals surface area contributed by atoms with Crippen LogP contribution in [-0.2, 0) is 9.47 Å². The van der Waals surface area contributed by atoms with E-state index in [1.54, 1.807) is 0 Å². The van der Waals surface area contributed by atoms with Gasteiger partial charge in [0, 0.05) is 25.0 Å². The number of alkyl halides is 3. The van der Waals surface area contributed by atoms with Gasteiger partial charge in [0.05, 0.1) is 18.8 Å². The zero-order valence-corrected chi connectivity index (χ0v) is 12.2. The molecule has 0 radical (unpaired) electrons. The van der Waals surface area contributed by atoms with E-state index < -0.39 is 12.5 Å². The molecule has 0 spiro atoms. The van der Waals surface area contributed by atoms with E-state index in [9.17, 15) is 13.2 Å². The van der Waals surface area contributed by atoms with Gasteiger partial charge in [0.2, 0.25) is 0 Å². The number of likely N-dealkylation sites (tertiary alicyclic amines) is 1. The van der Waals surface area contributed by atoms with Gasteiger partial charge in [-0.15, -0.1) is 13.2 Å². The lowest BCUT2D eigenvalue weighted by molar-refractivity contribution is -0.345. The van der Waals surface area contributed by atoms with E-state index in [-0.39, 0.29) is 11.5 Å². The van der Waals surface area contributed by atoms with Crippen LogP contribution in [0.2, 0.25) is 0 Å². The Bertz CT molecular complexity index is 308. The van der Waals surface area contributed by atoms with E-state index in [0.29, 0.717) is 25.9 Å². The van der Waals surface area contributed by atoms with Crippen molar-refractivity contribution in [1.29, 1.82) is 0 Å². The molecule has 0 bridgehead atoms. The average molecular weight is 295 g/mol. The van der Waals surface area contributed by atoms with Crippen molar-refractivity contribution in [3.8, 4) is 0 Å². The number of halogens is 3. The van der Waals surface area contributed by atoms with Crippen molar-refractivity contribution < 1.29 is 22.6 Å². The Morgan fingerprint density at radius 3 is 2.25 bits per heavy atom. The summed E-state index contributed by atoms with van der Waals surface area (Å²) in [5.74, 6) is 0. The number of nitrogens with zero attached hydrogens (tertiary/aromatic N) is 1. The van der Waals surface area contributed by atoms with Crippen molar-refractivity contribution in [2.24, 2.45) is 5.41 Å². The van der Waals surface area contributed by atoms with Crippen LogP contribution in [0.4, 0.5) is 13.2 Å². The third-order valence-electron chi connectivity index (χ3n) is 4.07. The standard InChI is InChI=1S/C14H24F3NO2/c1-11(2)19-10-13(5-6-13)9-18-7-3-12(4-8-18)20-14(15,16)17/h11-12H,3-10H2,1-2H3. The van der Waals surface area contributed by atoms with Gasteiger partial charge in [-0.2, -0.15) is 0 Å². The molecule has 0 aromatic rings. The maximum absolute atomic E-state index is 12.1. The first kappa shape index (κ1) is 16.0. The highest BCUT2D eigenvalue weighted by Gasteiger charge is 2.45. The molecule has 2 aliphatic rings. The summed E-state index contributed by atoms with van der Waals surface area (Å²) in [5.41, 5.74) is 0.252. The van der Waals surface area contributed by atoms with E-state index in [1.807, 2.05) is 13.8 Å². The minimum Gasteiger partial charge on any atom is -0.378 e. The Labute approximate surface area is 118 Å². The predicted octanol–water partition coefficient (Wildman–Crippen LogP) is 3.19. The number of hydrogen-bond acceptors (Lipinski definition) is 3. The summed E-state index contributed by atoms with van der Waals surface area (Å²) in [4.78, 5) is 2.26. The molecule has 1 saturated heterocycles. The average Bonchev–Trinajstić information content (AvgIpc) is 3.08. The van der Waals surface area contributed by atoms with Gasteiger partial charge in [0.15, 0.2) is 0 Å². The number of ether oxygens (including phenoxy) is 2. The van der Waals surface area contributed by atoms with Crippen LogP contribution in [0, 0.1) is 5.41 Å². The molecule has 1 aliphatic carbocycles. The Kier molecular flexibility index (Phi) is 4.97. The molecule has 3 nitrogen and oxygen atoms in total. The summed E-state index contributed by atoms with van der Waals surface area (Å²) >= 11 is 0. The second-order valence-corrected chi connectivity index (χ2v) is 6.40. The fourth-order valence-corrected chi connectivity index (χ4v) is 2.72. The van der Waals surface area contributed by atoms with Crippen LogP contribution < -0.4 is 0 Å². The lowest BCUT2D eigenvalue weighted by Crippen LogP contribution is -2.42. The summed E-state index contributed by atoms with van der Waals surface area (Å²) in [7, 11) is 0. The van der Waals surface area contributed by atoms with Crippen LogP contribution in [0.25, 0.3) is 0 Å². The Morgan fingerprint density at radius 1 is 1.20 bits per heavy atom. The summed E-state index contributed by atoms with van der Waals surface area (Å²) in [6.07, 6.45) is -1.69. The Hall–Kier alpha value is -0.330. The van der Waals surface area contributed by atoms with Crippen LogP contribution in [0.15, 0.2) is 0 Å². The van der Waals surface area contributed by atoms with E-state index in [2.05, 4.69) is 9.64 Å². The highest BCUT2D eigenvalue weighted by atomic mass is 19.4. The van der Waals surface area contributed by atoms with E-state index >= 15 is 0 Å². The zero-order valence-electron chi connectivity index (χ0n) is 12.2. The Morgan fingerprint density at radius 2 is 1.80 bits per heavy atom. The van der Waals surface area contributed by atoms with Crippen LogP contribution in [0.5, 0.6) is 0 Å². The first-order valence-corrected chi connectivity index (χ1v) is 7.37.